The molecule has 1 N–H and O–H groups in total. The van der Waals surface area contributed by atoms with E-state index in [1.165, 1.54) is 12.1 Å². The molecule has 3 nitrogen and oxygen atoms in total. The molecule has 0 aliphatic rings. The average molecular weight is 233 g/mol. The molecular weight excluding hydrogens is 217 g/mol. The number of imidazole rings is 1. The third-order valence-corrected chi connectivity index (χ3v) is 2.73. The molecule has 0 saturated heterocycles. The molecule has 0 amide bonds. The summed E-state index contributed by atoms with van der Waals surface area (Å²) in [6, 6.07) is 6.63. The van der Waals surface area contributed by atoms with E-state index in [2.05, 4.69) is 10.3 Å². The first-order valence-electron chi connectivity index (χ1n) is 5.66. The van der Waals surface area contributed by atoms with Gasteiger partial charge in [-0.2, -0.15) is 0 Å². The van der Waals surface area contributed by atoms with Gasteiger partial charge in [0.1, 0.15) is 5.82 Å². The Bertz CT molecular complexity index is 462. The van der Waals surface area contributed by atoms with Crippen molar-refractivity contribution < 1.29 is 4.39 Å². The van der Waals surface area contributed by atoms with Crippen LogP contribution >= 0.6 is 0 Å². The largest absolute Gasteiger partial charge is 0.337 e. The number of hydrogen-bond acceptors (Lipinski definition) is 2. The van der Waals surface area contributed by atoms with Crippen molar-refractivity contribution in [2.45, 2.75) is 13.0 Å². The highest BCUT2D eigenvalue weighted by Crippen LogP contribution is 2.03. The van der Waals surface area contributed by atoms with E-state index in [1.807, 2.05) is 29.9 Å². The lowest BCUT2D eigenvalue weighted by atomic mass is 10.1. The summed E-state index contributed by atoms with van der Waals surface area (Å²) in [6.45, 7) is 1.68. The second kappa shape index (κ2) is 5.59. The lowest BCUT2D eigenvalue weighted by molar-refractivity contribution is 0.625. The summed E-state index contributed by atoms with van der Waals surface area (Å²) >= 11 is 0. The molecular formula is C13H16FN3. The number of halogens is 1. The van der Waals surface area contributed by atoms with Crippen LogP contribution in [0.25, 0.3) is 0 Å². The monoisotopic (exact) mass is 233 g/mol. The summed E-state index contributed by atoms with van der Waals surface area (Å²) < 4.78 is 14.7. The molecule has 0 bridgehead atoms. The Balaban J connectivity index is 1.73. The minimum atomic E-state index is -0.184. The third-order valence-electron chi connectivity index (χ3n) is 2.73. The zero-order valence-corrected chi connectivity index (χ0v) is 9.86. The number of aromatic nitrogens is 2. The van der Waals surface area contributed by atoms with E-state index < -0.39 is 0 Å². The molecule has 1 heterocycles. The number of rotatable bonds is 5. The van der Waals surface area contributed by atoms with Crippen molar-refractivity contribution >= 4 is 0 Å². The van der Waals surface area contributed by atoms with Crippen LogP contribution in [0, 0.1) is 5.82 Å². The van der Waals surface area contributed by atoms with Crippen molar-refractivity contribution in [3.05, 3.63) is 53.9 Å². The Morgan fingerprint density at radius 3 is 2.71 bits per heavy atom. The molecule has 0 aliphatic carbocycles. The van der Waals surface area contributed by atoms with E-state index in [0.717, 1.165) is 30.8 Å². The van der Waals surface area contributed by atoms with Gasteiger partial charge < -0.3 is 9.88 Å². The topological polar surface area (TPSA) is 29.9 Å². The van der Waals surface area contributed by atoms with Gasteiger partial charge in [-0.15, -0.1) is 0 Å². The molecule has 0 unspecified atom stereocenters. The average Bonchev–Trinajstić information content (AvgIpc) is 2.73. The number of nitrogens with zero attached hydrogens (tertiary/aromatic N) is 2. The second-order valence-electron chi connectivity index (χ2n) is 4.05. The smallest absolute Gasteiger partial charge is 0.123 e. The zero-order chi connectivity index (χ0) is 12.1. The van der Waals surface area contributed by atoms with Crippen LogP contribution in [-0.2, 0) is 20.0 Å². The van der Waals surface area contributed by atoms with Crippen LogP contribution in [0.4, 0.5) is 4.39 Å². The van der Waals surface area contributed by atoms with Crippen LogP contribution in [0.5, 0.6) is 0 Å². The normalized spacial score (nSPS) is 10.7. The van der Waals surface area contributed by atoms with Gasteiger partial charge in [-0.25, -0.2) is 9.37 Å². The molecule has 0 saturated carbocycles. The van der Waals surface area contributed by atoms with Crippen LogP contribution < -0.4 is 5.32 Å². The molecule has 0 atom stereocenters. The molecule has 4 heteroatoms. The molecule has 0 aliphatic heterocycles. The third kappa shape index (κ3) is 3.39. The van der Waals surface area contributed by atoms with Crippen molar-refractivity contribution in [3.63, 3.8) is 0 Å². The van der Waals surface area contributed by atoms with Crippen LogP contribution in [-0.4, -0.2) is 16.1 Å². The Hall–Kier alpha value is -1.68. The number of hydrogen-bond donors (Lipinski definition) is 1. The van der Waals surface area contributed by atoms with E-state index in [1.54, 1.807) is 6.33 Å². The highest BCUT2D eigenvalue weighted by Gasteiger charge is 1.98. The number of aryl methyl sites for hydroxylation is 1. The summed E-state index contributed by atoms with van der Waals surface area (Å²) in [5.74, 6) is -0.184. The fourth-order valence-corrected chi connectivity index (χ4v) is 1.66. The minimum Gasteiger partial charge on any atom is -0.337 e. The van der Waals surface area contributed by atoms with Gasteiger partial charge in [0.25, 0.3) is 0 Å². The highest BCUT2D eigenvalue weighted by atomic mass is 19.1. The van der Waals surface area contributed by atoms with Crippen LogP contribution in [0.1, 0.15) is 11.3 Å². The fraction of sp³-hybridized carbons (Fsp3) is 0.308. The van der Waals surface area contributed by atoms with E-state index in [0.29, 0.717) is 0 Å². The van der Waals surface area contributed by atoms with Gasteiger partial charge in [0.15, 0.2) is 0 Å². The molecule has 0 fully saturated rings. The highest BCUT2D eigenvalue weighted by molar-refractivity contribution is 5.16. The molecule has 0 radical (unpaired) electrons. The van der Waals surface area contributed by atoms with Crippen molar-refractivity contribution in [2.24, 2.45) is 7.05 Å². The van der Waals surface area contributed by atoms with Crippen molar-refractivity contribution in [1.82, 2.24) is 14.9 Å². The Morgan fingerprint density at radius 2 is 2.06 bits per heavy atom. The summed E-state index contributed by atoms with van der Waals surface area (Å²) in [6.07, 6.45) is 4.54. The minimum absolute atomic E-state index is 0.184. The predicted molar refractivity (Wildman–Crippen MR) is 65.0 cm³/mol. The fourth-order valence-electron chi connectivity index (χ4n) is 1.66. The molecule has 1 aromatic carbocycles. The molecule has 2 rings (SSSR count). The maximum absolute atomic E-state index is 12.7. The SMILES string of the molecule is Cn1cncc1CNCCc1ccc(F)cc1. The Labute approximate surface area is 100 Å². The second-order valence-corrected chi connectivity index (χ2v) is 4.05. The van der Waals surface area contributed by atoms with E-state index in [4.69, 9.17) is 0 Å². The van der Waals surface area contributed by atoms with Gasteiger partial charge in [0.2, 0.25) is 0 Å². The van der Waals surface area contributed by atoms with Gasteiger partial charge in [-0.1, -0.05) is 12.1 Å². The maximum Gasteiger partial charge on any atom is 0.123 e. The first kappa shape index (κ1) is 11.8. The van der Waals surface area contributed by atoms with E-state index in [9.17, 15) is 4.39 Å². The van der Waals surface area contributed by atoms with Gasteiger partial charge in [-0.05, 0) is 30.7 Å². The summed E-state index contributed by atoms with van der Waals surface area (Å²) in [5, 5.41) is 3.34. The molecule has 90 valence electrons. The van der Waals surface area contributed by atoms with E-state index in [-0.39, 0.29) is 5.82 Å². The van der Waals surface area contributed by atoms with Crippen molar-refractivity contribution in [2.75, 3.05) is 6.54 Å². The number of nitrogens with one attached hydrogen (secondary N) is 1. The van der Waals surface area contributed by atoms with Crippen LogP contribution in [0.3, 0.4) is 0 Å². The predicted octanol–water partition coefficient (Wildman–Crippen LogP) is 1.89. The summed E-state index contributed by atoms with van der Waals surface area (Å²) in [7, 11) is 1.98. The summed E-state index contributed by atoms with van der Waals surface area (Å²) in [4.78, 5) is 4.05. The zero-order valence-electron chi connectivity index (χ0n) is 9.86. The lowest BCUT2D eigenvalue weighted by Crippen LogP contribution is -2.18. The maximum atomic E-state index is 12.7. The van der Waals surface area contributed by atoms with Gasteiger partial charge in [0.05, 0.1) is 12.0 Å². The molecule has 1 aromatic heterocycles. The first-order valence-corrected chi connectivity index (χ1v) is 5.66. The van der Waals surface area contributed by atoms with Crippen molar-refractivity contribution in [3.8, 4) is 0 Å². The van der Waals surface area contributed by atoms with Gasteiger partial charge in [0, 0.05) is 19.8 Å². The number of benzene rings is 1. The first-order chi connectivity index (χ1) is 8.25. The summed E-state index contributed by atoms with van der Waals surface area (Å²) in [5.41, 5.74) is 2.30. The van der Waals surface area contributed by atoms with Gasteiger partial charge >= 0.3 is 0 Å². The Kier molecular flexibility index (Phi) is 3.88. The molecule has 2 aromatic rings. The van der Waals surface area contributed by atoms with Crippen LogP contribution in [0.15, 0.2) is 36.8 Å². The molecule has 0 spiro atoms. The lowest BCUT2D eigenvalue weighted by Gasteiger charge is -2.05. The van der Waals surface area contributed by atoms with Crippen molar-refractivity contribution in [1.29, 1.82) is 0 Å². The van der Waals surface area contributed by atoms with Gasteiger partial charge in [-0.3, -0.25) is 0 Å². The quantitative estimate of drug-likeness (QED) is 0.799. The Morgan fingerprint density at radius 1 is 1.29 bits per heavy atom. The van der Waals surface area contributed by atoms with E-state index >= 15 is 0 Å². The standard InChI is InChI=1S/C13H16FN3/c1-17-10-16-9-13(17)8-15-7-6-11-2-4-12(14)5-3-11/h2-5,9-10,15H,6-8H2,1H3. The van der Waals surface area contributed by atoms with Crippen LogP contribution in [0.2, 0.25) is 0 Å². The molecule has 17 heavy (non-hydrogen) atoms.